The number of hydrogen-bond donors (Lipinski definition) is 1. The van der Waals surface area contributed by atoms with Crippen LogP contribution in [-0.2, 0) is 26.1 Å². The van der Waals surface area contributed by atoms with E-state index in [0.717, 1.165) is 28.6 Å². The van der Waals surface area contributed by atoms with Crippen LogP contribution in [0.2, 0.25) is 0 Å². The number of methoxy groups -OCH3 is 2. The summed E-state index contributed by atoms with van der Waals surface area (Å²) in [5.74, 6) is 0.807. The summed E-state index contributed by atoms with van der Waals surface area (Å²) >= 11 is 0. The van der Waals surface area contributed by atoms with Gasteiger partial charge in [0.15, 0.2) is 11.5 Å². The SMILES string of the molecule is CCOc1ccc(N(CC(=O)NCc2ccc(N3CCOCC3)cc2)S(=O)(=O)c2ccc(OC)c(OC)c2)cc1. The summed E-state index contributed by atoms with van der Waals surface area (Å²) in [6.07, 6.45) is 0. The van der Waals surface area contributed by atoms with Gasteiger partial charge in [-0.15, -0.1) is 0 Å². The fourth-order valence-electron chi connectivity index (χ4n) is 4.33. The second kappa shape index (κ2) is 13.4. The molecule has 11 heteroatoms. The number of amides is 1. The molecule has 10 nitrogen and oxygen atoms in total. The van der Waals surface area contributed by atoms with Crippen LogP contribution >= 0.6 is 0 Å². The number of nitrogens with one attached hydrogen (secondary N) is 1. The third kappa shape index (κ3) is 6.97. The van der Waals surface area contributed by atoms with Crippen molar-refractivity contribution in [2.75, 3.05) is 62.9 Å². The Hall–Kier alpha value is -3.96. The molecule has 3 aromatic rings. The molecule has 214 valence electrons. The van der Waals surface area contributed by atoms with Crippen LogP contribution < -0.4 is 28.7 Å². The lowest BCUT2D eigenvalue weighted by atomic mass is 10.2. The van der Waals surface area contributed by atoms with Crippen LogP contribution in [0.1, 0.15) is 12.5 Å². The fraction of sp³-hybridized carbons (Fsp3) is 0.345. The highest BCUT2D eigenvalue weighted by molar-refractivity contribution is 7.92. The first kappa shape index (κ1) is 29.0. The Kier molecular flexibility index (Phi) is 9.73. The van der Waals surface area contributed by atoms with E-state index in [1.807, 2.05) is 31.2 Å². The number of nitrogens with zero attached hydrogens (tertiary/aromatic N) is 2. The van der Waals surface area contributed by atoms with Crippen molar-refractivity contribution in [3.05, 3.63) is 72.3 Å². The van der Waals surface area contributed by atoms with Crippen LogP contribution in [0.5, 0.6) is 17.2 Å². The van der Waals surface area contributed by atoms with Gasteiger partial charge in [0, 0.05) is 31.4 Å². The predicted molar refractivity (Wildman–Crippen MR) is 153 cm³/mol. The van der Waals surface area contributed by atoms with Crippen LogP contribution in [0.3, 0.4) is 0 Å². The van der Waals surface area contributed by atoms with Gasteiger partial charge >= 0.3 is 0 Å². The Morgan fingerprint density at radius 3 is 2.25 bits per heavy atom. The maximum absolute atomic E-state index is 13.8. The molecule has 1 aliphatic rings. The predicted octanol–water partition coefficient (Wildman–Crippen LogP) is 3.45. The van der Waals surface area contributed by atoms with Crippen molar-refractivity contribution in [3.8, 4) is 17.2 Å². The molecule has 1 heterocycles. The van der Waals surface area contributed by atoms with E-state index in [4.69, 9.17) is 18.9 Å². The number of carbonyl (C=O) groups is 1. The normalized spacial score (nSPS) is 13.4. The van der Waals surface area contributed by atoms with Crippen molar-refractivity contribution in [3.63, 3.8) is 0 Å². The Morgan fingerprint density at radius 2 is 1.62 bits per heavy atom. The summed E-state index contributed by atoms with van der Waals surface area (Å²) in [5.41, 5.74) is 2.32. The number of hydrogen-bond acceptors (Lipinski definition) is 8. The van der Waals surface area contributed by atoms with Crippen molar-refractivity contribution in [1.29, 1.82) is 0 Å². The van der Waals surface area contributed by atoms with Crippen LogP contribution in [0.4, 0.5) is 11.4 Å². The van der Waals surface area contributed by atoms with Crippen LogP contribution in [-0.4, -0.2) is 68.0 Å². The first-order chi connectivity index (χ1) is 19.3. The zero-order valence-corrected chi connectivity index (χ0v) is 23.8. The van der Waals surface area contributed by atoms with Gasteiger partial charge in [-0.25, -0.2) is 8.42 Å². The van der Waals surface area contributed by atoms with E-state index in [0.29, 0.717) is 37.0 Å². The maximum atomic E-state index is 13.8. The van der Waals surface area contributed by atoms with Gasteiger partial charge in [0.05, 0.1) is 44.6 Å². The highest BCUT2D eigenvalue weighted by atomic mass is 32.2. The minimum Gasteiger partial charge on any atom is -0.494 e. The summed E-state index contributed by atoms with van der Waals surface area (Å²) in [6.45, 7) is 5.26. The monoisotopic (exact) mass is 569 g/mol. The molecule has 0 unspecified atom stereocenters. The third-order valence-electron chi connectivity index (χ3n) is 6.47. The van der Waals surface area contributed by atoms with Crippen LogP contribution in [0, 0.1) is 0 Å². The Bertz CT molecular complexity index is 1370. The first-order valence-electron chi connectivity index (χ1n) is 13.0. The van der Waals surface area contributed by atoms with E-state index in [1.54, 1.807) is 24.3 Å². The Balaban J connectivity index is 1.52. The molecule has 0 atom stereocenters. The van der Waals surface area contributed by atoms with Gasteiger partial charge in [-0.2, -0.15) is 0 Å². The van der Waals surface area contributed by atoms with E-state index in [-0.39, 0.29) is 17.2 Å². The van der Waals surface area contributed by atoms with Crippen molar-refractivity contribution in [1.82, 2.24) is 5.32 Å². The Morgan fingerprint density at radius 1 is 0.950 bits per heavy atom. The largest absolute Gasteiger partial charge is 0.494 e. The average molecular weight is 570 g/mol. The van der Waals surface area contributed by atoms with E-state index >= 15 is 0 Å². The summed E-state index contributed by atoms with van der Waals surface area (Å²) in [7, 11) is -1.25. The smallest absolute Gasteiger partial charge is 0.264 e. The van der Waals surface area contributed by atoms with Crippen molar-refractivity contribution in [2.45, 2.75) is 18.4 Å². The molecule has 0 aromatic heterocycles. The lowest BCUT2D eigenvalue weighted by Gasteiger charge is -2.29. The lowest BCUT2D eigenvalue weighted by molar-refractivity contribution is -0.119. The zero-order valence-electron chi connectivity index (χ0n) is 23.0. The zero-order chi connectivity index (χ0) is 28.5. The maximum Gasteiger partial charge on any atom is 0.264 e. The standard InChI is InChI=1S/C29H35N3O7S/c1-4-39-25-11-9-24(10-12-25)32(40(34,35)26-13-14-27(36-2)28(19-26)37-3)21-29(33)30-20-22-5-7-23(8-6-22)31-15-17-38-18-16-31/h5-14,19H,4,15-18,20-21H2,1-3H3,(H,30,33). The summed E-state index contributed by atoms with van der Waals surface area (Å²) in [6, 6.07) is 18.8. The number of rotatable bonds is 12. The summed E-state index contributed by atoms with van der Waals surface area (Å²) < 4.78 is 50.2. The van der Waals surface area contributed by atoms with Gasteiger partial charge < -0.3 is 29.2 Å². The molecule has 3 aromatic carbocycles. The molecule has 1 fully saturated rings. The number of carbonyl (C=O) groups excluding carboxylic acids is 1. The highest BCUT2D eigenvalue weighted by Crippen LogP contribution is 2.32. The molecule has 4 rings (SSSR count). The molecule has 1 amide bonds. The number of ether oxygens (including phenoxy) is 4. The average Bonchev–Trinajstić information content (AvgIpc) is 2.99. The van der Waals surface area contributed by atoms with Crippen molar-refractivity contribution >= 4 is 27.3 Å². The van der Waals surface area contributed by atoms with E-state index < -0.39 is 22.5 Å². The molecule has 0 aliphatic carbocycles. The van der Waals surface area contributed by atoms with Gasteiger partial charge in [0.1, 0.15) is 12.3 Å². The number of morpholine rings is 1. The molecule has 0 spiro atoms. The molecule has 0 bridgehead atoms. The van der Waals surface area contributed by atoms with Gasteiger partial charge in [-0.3, -0.25) is 9.10 Å². The van der Waals surface area contributed by atoms with Gasteiger partial charge in [-0.05, 0) is 61.0 Å². The lowest BCUT2D eigenvalue weighted by Crippen LogP contribution is -2.40. The van der Waals surface area contributed by atoms with Crippen LogP contribution in [0.15, 0.2) is 71.6 Å². The second-order valence-corrected chi connectivity index (χ2v) is 10.9. The fourth-order valence-corrected chi connectivity index (χ4v) is 5.76. The van der Waals surface area contributed by atoms with Gasteiger partial charge in [0.25, 0.3) is 10.0 Å². The molecule has 1 aliphatic heterocycles. The molecular formula is C29H35N3O7S. The van der Waals surface area contributed by atoms with Crippen LogP contribution in [0.25, 0.3) is 0 Å². The number of anilines is 2. The Labute approximate surface area is 235 Å². The highest BCUT2D eigenvalue weighted by Gasteiger charge is 2.28. The topological polar surface area (TPSA) is 107 Å². The van der Waals surface area contributed by atoms with E-state index in [1.165, 1.54) is 32.4 Å². The minimum atomic E-state index is -4.15. The number of benzene rings is 3. The van der Waals surface area contributed by atoms with Crippen molar-refractivity contribution < 1.29 is 32.2 Å². The second-order valence-electron chi connectivity index (χ2n) is 9.00. The van der Waals surface area contributed by atoms with Gasteiger partial charge in [0.2, 0.25) is 5.91 Å². The summed E-state index contributed by atoms with van der Waals surface area (Å²) in [5, 5.41) is 2.85. The molecule has 0 radical (unpaired) electrons. The molecule has 40 heavy (non-hydrogen) atoms. The molecule has 0 saturated carbocycles. The first-order valence-corrected chi connectivity index (χ1v) is 14.5. The quantitative estimate of drug-likeness (QED) is 0.354. The van der Waals surface area contributed by atoms with Gasteiger partial charge in [-0.1, -0.05) is 12.1 Å². The summed E-state index contributed by atoms with van der Waals surface area (Å²) in [4.78, 5) is 15.3. The molecule has 1 N–H and O–H groups in total. The van der Waals surface area contributed by atoms with E-state index in [2.05, 4.69) is 10.2 Å². The molecule has 1 saturated heterocycles. The molecular weight excluding hydrogens is 534 g/mol. The number of sulfonamides is 1. The minimum absolute atomic E-state index is 0.0365. The van der Waals surface area contributed by atoms with Crippen molar-refractivity contribution in [2.24, 2.45) is 0 Å². The third-order valence-corrected chi connectivity index (χ3v) is 8.24. The van der Waals surface area contributed by atoms with E-state index in [9.17, 15) is 13.2 Å².